The number of benzene rings is 1. The molecule has 0 N–H and O–H groups in total. The molecule has 13 heavy (non-hydrogen) atoms. The van der Waals surface area contributed by atoms with Gasteiger partial charge >= 0.3 is 0 Å². The molecule has 1 heterocycles. The molecule has 2 nitrogen and oxygen atoms in total. The molecule has 1 radical (unpaired) electrons. The van der Waals surface area contributed by atoms with Crippen LogP contribution in [0.2, 0.25) is 0 Å². The first-order valence-electron chi connectivity index (χ1n) is 4.83. The molecule has 1 saturated heterocycles. The lowest BCUT2D eigenvalue weighted by atomic mass is 10.1. The van der Waals surface area contributed by atoms with Crippen LogP contribution in [-0.2, 0) is 0 Å². The van der Waals surface area contributed by atoms with Crippen molar-refractivity contribution in [3.8, 4) is 5.75 Å². The van der Waals surface area contributed by atoms with Gasteiger partial charge in [-0.25, -0.2) is 5.32 Å². The molecular formula is C11H14NO. The van der Waals surface area contributed by atoms with Gasteiger partial charge in [-0.05, 0) is 31.4 Å². The highest BCUT2D eigenvalue weighted by molar-refractivity contribution is 5.21. The molecule has 1 aromatic carbocycles. The highest BCUT2D eigenvalue weighted by Gasteiger charge is 2.14. The van der Waals surface area contributed by atoms with Gasteiger partial charge in [0.1, 0.15) is 5.75 Å². The maximum absolute atomic E-state index is 5.69. The van der Waals surface area contributed by atoms with Gasteiger partial charge in [0.25, 0.3) is 0 Å². The van der Waals surface area contributed by atoms with Crippen molar-refractivity contribution in [1.82, 2.24) is 5.32 Å². The van der Waals surface area contributed by atoms with Crippen LogP contribution in [0.15, 0.2) is 30.3 Å². The third-order valence-electron chi connectivity index (χ3n) is 2.21. The minimum atomic E-state index is 0.0937. The van der Waals surface area contributed by atoms with Crippen molar-refractivity contribution in [3.05, 3.63) is 30.3 Å². The van der Waals surface area contributed by atoms with Gasteiger partial charge in [-0.1, -0.05) is 18.2 Å². The van der Waals surface area contributed by atoms with E-state index < -0.39 is 0 Å². The largest absolute Gasteiger partial charge is 0.474 e. The van der Waals surface area contributed by atoms with Crippen molar-refractivity contribution in [2.45, 2.75) is 25.5 Å². The molecule has 1 aliphatic rings. The third kappa shape index (κ3) is 2.46. The molecule has 2 rings (SSSR count). The molecule has 0 bridgehead atoms. The van der Waals surface area contributed by atoms with Crippen molar-refractivity contribution < 1.29 is 4.74 Å². The van der Waals surface area contributed by atoms with E-state index in [2.05, 4.69) is 5.32 Å². The van der Waals surface area contributed by atoms with Crippen LogP contribution in [0, 0.1) is 0 Å². The zero-order chi connectivity index (χ0) is 8.93. The quantitative estimate of drug-likeness (QED) is 0.677. The average Bonchev–Trinajstić information content (AvgIpc) is 2.21. The lowest BCUT2D eigenvalue weighted by Crippen LogP contribution is -2.32. The fourth-order valence-electron chi connectivity index (χ4n) is 1.51. The molecule has 0 saturated carbocycles. The van der Waals surface area contributed by atoms with Crippen molar-refractivity contribution in [2.75, 3.05) is 6.54 Å². The summed E-state index contributed by atoms with van der Waals surface area (Å²) in [5, 5.41) is 4.40. The first-order valence-corrected chi connectivity index (χ1v) is 4.83. The Morgan fingerprint density at radius 1 is 1.15 bits per heavy atom. The number of para-hydroxylation sites is 1. The number of ether oxygens (including phenoxy) is 1. The summed E-state index contributed by atoms with van der Waals surface area (Å²) in [4.78, 5) is 0. The lowest BCUT2D eigenvalue weighted by Gasteiger charge is -2.22. The molecule has 1 aromatic rings. The van der Waals surface area contributed by atoms with E-state index >= 15 is 0 Å². The van der Waals surface area contributed by atoms with Gasteiger partial charge in [0.2, 0.25) is 0 Å². The van der Waals surface area contributed by atoms with E-state index in [1.165, 1.54) is 12.8 Å². The molecule has 2 heteroatoms. The van der Waals surface area contributed by atoms with Gasteiger partial charge in [0.15, 0.2) is 6.23 Å². The van der Waals surface area contributed by atoms with E-state index in [1.54, 1.807) is 0 Å². The molecule has 0 aromatic heterocycles. The molecular weight excluding hydrogens is 162 g/mol. The minimum Gasteiger partial charge on any atom is -0.474 e. The molecule has 1 aliphatic heterocycles. The maximum atomic E-state index is 5.69. The third-order valence-corrected chi connectivity index (χ3v) is 2.21. The Morgan fingerprint density at radius 3 is 2.69 bits per heavy atom. The van der Waals surface area contributed by atoms with E-state index in [0.717, 1.165) is 18.7 Å². The Balaban J connectivity index is 1.90. The summed E-state index contributed by atoms with van der Waals surface area (Å²) >= 11 is 0. The van der Waals surface area contributed by atoms with Crippen LogP contribution in [0.1, 0.15) is 19.3 Å². The highest BCUT2D eigenvalue weighted by atomic mass is 16.5. The Morgan fingerprint density at radius 2 is 2.00 bits per heavy atom. The minimum absolute atomic E-state index is 0.0937. The van der Waals surface area contributed by atoms with Crippen LogP contribution in [0.25, 0.3) is 0 Å². The van der Waals surface area contributed by atoms with Gasteiger partial charge in [0, 0.05) is 6.54 Å². The Kier molecular flexibility index (Phi) is 2.82. The van der Waals surface area contributed by atoms with Crippen LogP contribution in [-0.4, -0.2) is 12.8 Å². The van der Waals surface area contributed by atoms with E-state index in [9.17, 15) is 0 Å². The first kappa shape index (κ1) is 8.57. The van der Waals surface area contributed by atoms with Crippen molar-refractivity contribution >= 4 is 0 Å². The summed E-state index contributed by atoms with van der Waals surface area (Å²) in [5.41, 5.74) is 0. The molecule has 0 aliphatic carbocycles. The van der Waals surface area contributed by atoms with E-state index in [0.29, 0.717) is 0 Å². The van der Waals surface area contributed by atoms with E-state index in [-0.39, 0.29) is 6.23 Å². The fraction of sp³-hybridized carbons (Fsp3) is 0.455. The summed E-state index contributed by atoms with van der Waals surface area (Å²) in [5.74, 6) is 0.929. The smallest absolute Gasteiger partial charge is 0.165 e. The van der Waals surface area contributed by atoms with Crippen LogP contribution in [0.3, 0.4) is 0 Å². The molecule has 0 spiro atoms. The molecule has 1 atom stereocenters. The topological polar surface area (TPSA) is 23.3 Å². The standard InChI is InChI=1S/C11H14NO/c1-2-6-10(7-3-1)13-11-8-4-5-9-12-11/h1-3,6-7,11H,4-5,8-9H2. The Labute approximate surface area is 78.9 Å². The average molecular weight is 176 g/mol. The number of hydrogen-bond acceptors (Lipinski definition) is 1. The molecule has 69 valence electrons. The van der Waals surface area contributed by atoms with Crippen molar-refractivity contribution in [2.24, 2.45) is 0 Å². The predicted molar refractivity (Wildman–Crippen MR) is 51.7 cm³/mol. The van der Waals surface area contributed by atoms with Gasteiger partial charge in [-0.3, -0.25) is 0 Å². The summed E-state index contributed by atoms with van der Waals surface area (Å²) in [7, 11) is 0. The van der Waals surface area contributed by atoms with Crippen LogP contribution >= 0.6 is 0 Å². The van der Waals surface area contributed by atoms with Crippen LogP contribution in [0.5, 0.6) is 5.75 Å². The number of hydrogen-bond donors (Lipinski definition) is 0. The first-order chi connectivity index (χ1) is 6.45. The number of rotatable bonds is 2. The Hall–Kier alpha value is -1.02. The maximum Gasteiger partial charge on any atom is 0.165 e. The fourth-order valence-corrected chi connectivity index (χ4v) is 1.51. The summed E-state index contributed by atoms with van der Waals surface area (Å²) in [6.45, 7) is 0.956. The summed E-state index contributed by atoms with van der Waals surface area (Å²) in [6, 6.07) is 9.91. The van der Waals surface area contributed by atoms with Crippen molar-refractivity contribution in [1.29, 1.82) is 0 Å². The second kappa shape index (κ2) is 4.28. The second-order valence-corrected chi connectivity index (χ2v) is 3.29. The molecule has 1 fully saturated rings. The second-order valence-electron chi connectivity index (χ2n) is 3.29. The zero-order valence-electron chi connectivity index (χ0n) is 7.65. The predicted octanol–water partition coefficient (Wildman–Crippen LogP) is 2.18. The van der Waals surface area contributed by atoms with E-state index in [1.807, 2.05) is 30.3 Å². The van der Waals surface area contributed by atoms with Crippen LogP contribution in [0.4, 0.5) is 0 Å². The van der Waals surface area contributed by atoms with E-state index in [4.69, 9.17) is 4.74 Å². The number of piperidine rings is 1. The number of nitrogens with zero attached hydrogens (tertiary/aromatic N) is 1. The zero-order valence-corrected chi connectivity index (χ0v) is 7.65. The van der Waals surface area contributed by atoms with Crippen molar-refractivity contribution in [3.63, 3.8) is 0 Å². The monoisotopic (exact) mass is 176 g/mol. The summed E-state index contributed by atoms with van der Waals surface area (Å²) < 4.78 is 5.69. The van der Waals surface area contributed by atoms with Crippen LogP contribution < -0.4 is 10.1 Å². The molecule has 1 unspecified atom stereocenters. The molecule has 0 amide bonds. The van der Waals surface area contributed by atoms with Gasteiger partial charge in [-0.2, -0.15) is 0 Å². The van der Waals surface area contributed by atoms with Gasteiger partial charge in [-0.15, -0.1) is 0 Å². The Bertz CT molecular complexity index is 242. The normalized spacial score (nSPS) is 22.6. The van der Waals surface area contributed by atoms with Gasteiger partial charge in [0.05, 0.1) is 0 Å². The van der Waals surface area contributed by atoms with Gasteiger partial charge < -0.3 is 4.74 Å². The lowest BCUT2D eigenvalue weighted by molar-refractivity contribution is 0.128. The summed E-state index contributed by atoms with van der Waals surface area (Å²) in [6.07, 6.45) is 3.61. The highest BCUT2D eigenvalue weighted by Crippen LogP contribution is 2.15. The SMILES string of the molecule is c1ccc(OC2CCCC[N]2)cc1.